The summed E-state index contributed by atoms with van der Waals surface area (Å²) in [6.07, 6.45) is -4.63. The lowest BCUT2D eigenvalue weighted by molar-refractivity contribution is -0.137. The minimum Gasteiger partial charge on any atom is -0.507 e. The van der Waals surface area contributed by atoms with Gasteiger partial charge in [0.05, 0.1) is 23.3 Å². The van der Waals surface area contributed by atoms with Gasteiger partial charge >= 0.3 is 6.18 Å². The van der Waals surface area contributed by atoms with Crippen molar-refractivity contribution in [2.45, 2.75) is 39.1 Å². The summed E-state index contributed by atoms with van der Waals surface area (Å²) in [5, 5.41) is 11.4. The van der Waals surface area contributed by atoms with E-state index in [1.54, 1.807) is 49.4 Å². The van der Waals surface area contributed by atoms with Gasteiger partial charge in [-0.05, 0) is 86.5 Å². The van der Waals surface area contributed by atoms with Crippen molar-refractivity contribution in [1.82, 2.24) is 0 Å². The first-order valence-corrected chi connectivity index (χ1v) is 12.3. The molecule has 1 atom stereocenters. The highest BCUT2D eigenvalue weighted by molar-refractivity contribution is 6.51. The number of Topliss-reactive ketones (excluding diaryl/α,β-unsaturated/α-hetero) is 1. The van der Waals surface area contributed by atoms with E-state index >= 15 is 0 Å². The predicted octanol–water partition coefficient (Wildman–Crippen LogP) is 6.49. The molecule has 1 aliphatic heterocycles. The fourth-order valence-electron chi connectivity index (χ4n) is 4.52. The maximum atomic E-state index is 13.4. The van der Waals surface area contributed by atoms with E-state index in [1.807, 2.05) is 32.8 Å². The molecule has 1 aliphatic rings. The molecule has 1 N–H and O–H groups in total. The van der Waals surface area contributed by atoms with E-state index in [-0.39, 0.29) is 23.1 Å². The van der Waals surface area contributed by atoms with Gasteiger partial charge in [0.1, 0.15) is 11.5 Å². The van der Waals surface area contributed by atoms with Crippen molar-refractivity contribution < 1.29 is 32.6 Å². The number of carbonyl (C=O) groups is 2. The Balaban J connectivity index is 1.88. The lowest BCUT2D eigenvalue weighted by Crippen LogP contribution is -2.29. The molecular weight excluding hydrogens is 509 g/mol. The van der Waals surface area contributed by atoms with E-state index in [1.165, 1.54) is 0 Å². The summed E-state index contributed by atoms with van der Waals surface area (Å²) in [6, 6.07) is 14.9. The van der Waals surface area contributed by atoms with Crippen LogP contribution in [0.2, 0.25) is 0 Å². The highest BCUT2D eigenvalue weighted by Gasteiger charge is 2.47. The van der Waals surface area contributed by atoms with Crippen LogP contribution in [0.5, 0.6) is 5.75 Å². The summed E-state index contributed by atoms with van der Waals surface area (Å²) >= 11 is 0. The molecule has 0 aliphatic carbocycles. The molecule has 0 aromatic heterocycles. The van der Waals surface area contributed by atoms with Gasteiger partial charge in [0, 0.05) is 31.0 Å². The van der Waals surface area contributed by atoms with Crippen molar-refractivity contribution in [3.05, 3.63) is 94.6 Å². The molecule has 204 valence electrons. The quantitative estimate of drug-likeness (QED) is 0.221. The van der Waals surface area contributed by atoms with Crippen LogP contribution in [0.25, 0.3) is 5.76 Å². The standard InChI is InChI=1S/C30H29F3N2O4/c1-17(2)39-24-15-8-20(16-18(24)3)27(36)25-26(19-6-11-22(12-7-19)34(4)5)35(29(38)28(25)37)23-13-9-21(10-14-23)30(31,32)33/h6-17,26,36H,1-5H3/b27-25-. The summed E-state index contributed by atoms with van der Waals surface area (Å²) in [7, 11) is 3.72. The van der Waals surface area contributed by atoms with Crippen molar-refractivity contribution in [3.8, 4) is 5.75 Å². The summed E-state index contributed by atoms with van der Waals surface area (Å²) < 4.78 is 45.3. The van der Waals surface area contributed by atoms with Crippen LogP contribution in [0.3, 0.4) is 0 Å². The smallest absolute Gasteiger partial charge is 0.416 e. The lowest BCUT2D eigenvalue weighted by Gasteiger charge is -2.26. The molecule has 0 radical (unpaired) electrons. The number of nitrogens with zero attached hydrogens (tertiary/aromatic N) is 2. The molecule has 6 nitrogen and oxygen atoms in total. The van der Waals surface area contributed by atoms with Gasteiger partial charge in [-0.2, -0.15) is 13.2 Å². The molecule has 1 amide bonds. The molecule has 1 unspecified atom stereocenters. The van der Waals surface area contributed by atoms with Gasteiger partial charge < -0.3 is 14.7 Å². The van der Waals surface area contributed by atoms with E-state index in [0.717, 1.165) is 40.4 Å². The Bertz CT molecular complexity index is 1430. The number of aliphatic hydroxyl groups is 1. The third-order valence-corrected chi connectivity index (χ3v) is 6.45. The lowest BCUT2D eigenvalue weighted by atomic mass is 9.94. The molecule has 1 heterocycles. The first-order chi connectivity index (χ1) is 18.3. The molecule has 1 fully saturated rings. The number of halogens is 3. The van der Waals surface area contributed by atoms with Crippen LogP contribution >= 0.6 is 0 Å². The fourth-order valence-corrected chi connectivity index (χ4v) is 4.52. The normalized spacial score (nSPS) is 17.2. The van der Waals surface area contributed by atoms with Gasteiger partial charge in [-0.1, -0.05) is 12.1 Å². The first-order valence-electron chi connectivity index (χ1n) is 12.3. The van der Waals surface area contributed by atoms with Crippen molar-refractivity contribution in [2.75, 3.05) is 23.9 Å². The number of ether oxygens (including phenoxy) is 1. The molecule has 0 saturated carbocycles. The zero-order chi connectivity index (χ0) is 28.6. The Morgan fingerprint density at radius 3 is 2.10 bits per heavy atom. The summed E-state index contributed by atoms with van der Waals surface area (Å²) in [5.41, 5.74) is 1.46. The number of anilines is 2. The first kappa shape index (κ1) is 27.8. The Morgan fingerprint density at radius 2 is 1.59 bits per heavy atom. The third-order valence-electron chi connectivity index (χ3n) is 6.45. The molecule has 3 aromatic carbocycles. The average molecular weight is 539 g/mol. The number of rotatable bonds is 6. The van der Waals surface area contributed by atoms with Crippen LogP contribution in [0.1, 0.15) is 42.1 Å². The molecule has 39 heavy (non-hydrogen) atoms. The van der Waals surface area contributed by atoms with E-state index in [2.05, 4.69) is 0 Å². The zero-order valence-electron chi connectivity index (χ0n) is 22.2. The number of hydrogen-bond donors (Lipinski definition) is 1. The molecule has 1 saturated heterocycles. The summed E-state index contributed by atoms with van der Waals surface area (Å²) in [5.74, 6) is -1.66. The molecule has 3 aromatic rings. The number of ketones is 1. The summed E-state index contributed by atoms with van der Waals surface area (Å²) in [6.45, 7) is 5.57. The van der Waals surface area contributed by atoms with E-state index < -0.39 is 29.5 Å². The van der Waals surface area contributed by atoms with Crippen LogP contribution in [-0.4, -0.2) is 37.0 Å². The van der Waals surface area contributed by atoms with Crippen molar-refractivity contribution in [2.24, 2.45) is 0 Å². The zero-order valence-corrected chi connectivity index (χ0v) is 22.2. The number of amides is 1. The number of carbonyl (C=O) groups excluding carboxylic acids is 2. The minimum atomic E-state index is -4.56. The van der Waals surface area contributed by atoms with E-state index in [0.29, 0.717) is 16.9 Å². The van der Waals surface area contributed by atoms with Crippen LogP contribution in [-0.2, 0) is 15.8 Å². The van der Waals surface area contributed by atoms with Gasteiger partial charge in [0.2, 0.25) is 0 Å². The summed E-state index contributed by atoms with van der Waals surface area (Å²) in [4.78, 5) is 29.7. The number of alkyl halides is 3. The number of aryl methyl sites for hydroxylation is 1. The second kappa shape index (κ2) is 10.5. The van der Waals surface area contributed by atoms with Crippen LogP contribution < -0.4 is 14.5 Å². The van der Waals surface area contributed by atoms with Gasteiger partial charge in [0.15, 0.2) is 0 Å². The molecule has 0 bridgehead atoms. The van der Waals surface area contributed by atoms with Crippen LogP contribution in [0, 0.1) is 6.92 Å². The van der Waals surface area contributed by atoms with Crippen molar-refractivity contribution >= 4 is 28.8 Å². The highest BCUT2D eigenvalue weighted by Crippen LogP contribution is 2.43. The van der Waals surface area contributed by atoms with Crippen LogP contribution in [0.15, 0.2) is 72.3 Å². The largest absolute Gasteiger partial charge is 0.507 e. The van der Waals surface area contributed by atoms with Crippen molar-refractivity contribution in [1.29, 1.82) is 0 Å². The van der Waals surface area contributed by atoms with Crippen LogP contribution in [0.4, 0.5) is 24.5 Å². The van der Waals surface area contributed by atoms with E-state index in [9.17, 15) is 27.9 Å². The Labute approximate surface area is 224 Å². The van der Waals surface area contributed by atoms with Gasteiger partial charge in [-0.15, -0.1) is 0 Å². The van der Waals surface area contributed by atoms with Gasteiger partial charge in [-0.25, -0.2) is 0 Å². The minimum absolute atomic E-state index is 0.0673. The predicted molar refractivity (Wildman–Crippen MR) is 144 cm³/mol. The molecule has 4 rings (SSSR count). The molecular formula is C30H29F3N2O4. The third kappa shape index (κ3) is 5.48. The SMILES string of the molecule is Cc1cc(/C(O)=C2/C(=O)C(=O)N(c3ccc(C(F)(F)F)cc3)C2c2ccc(N(C)C)cc2)ccc1OC(C)C. The van der Waals surface area contributed by atoms with E-state index in [4.69, 9.17) is 4.74 Å². The molecule has 0 spiro atoms. The monoisotopic (exact) mass is 538 g/mol. The second-order valence-corrected chi connectivity index (χ2v) is 9.85. The number of hydrogen-bond acceptors (Lipinski definition) is 5. The Kier molecular flexibility index (Phi) is 7.46. The topological polar surface area (TPSA) is 70.1 Å². The Hall–Kier alpha value is -4.27. The Morgan fingerprint density at radius 1 is 0.974 bits per heavy atom. The van der Waals surface area contributed by atoms with Crippen molar-refractivity contribution in [3.63, 3.8) is 0 Å². The maximum absolute atomic E-state index is 13.4. The fraction of sp³-hybridized carbons (Fsp3) is 0.267. The number of benzene rings is 3. The highest BCUT2D eigenvalue weighted by atomic mass is 19.4. The maximum Gasteiger partial charge on any atom is 0.416 e. The molecule has 9 heteroatoms. The number of aliphatic hydroxyl groups excluding tert-OH is 1. The van der Waals surface area contributed by atoms with Gasteiger partial charge in [0.25, 0.3) is 11.7 Å². The second-order valence-electron chi connectivity index (χ2n) is 9.85. The van der Waals surface area contributed by atoms with Gasteiger partial charge in [-0.3, -0.25) is 14.5 Å². The average Bonchev–Trinajstić information content (AvgIpc) is 3.14.